The van der Waals surface area contributed by atoms with E-state index in [1.54, 1.807) is 17.0 Å². The Labute approximate surface area is 223 Å². The normalized spacial score (nSPS) is 17.9. The quantitative estimate of drug-likeness (QED) is 0.505. The third-order valence-electron chi connectivity index (χ3n) is 6.91. The summed E-state index contributed by atoms with van der Waals surface area (Å²) in [5.74, 6) is 0.353. The molecule has 2 aliphatic rings. The molecular formula is C27H27F3N6O3. The third kappa shape index (κ3) is 6.11. The average molecular weight is 541 g/mol. The van der Waals surface area contributed by atoms with Gasteiger partial charge in [-0.2, -0.15) is 18.3 Å². The van der Waals surface area contributed by atoms with E-state index in [9.17, 15) is 22.8 Å². The van der Waals surface area contributed by atoms with Crippen LogP contribution in [0.5, 0.6) is 0 Å². The molecule has 5 rings (SSSR count). The zero-order chi connectivity index (χ0) is 27.4. The number of aromatic nitrogens is 2. The molecule has 0 bridgehead atoms. The number of halogens is 3. The van der Waals surface area contributed by atoms with E-state index in [0.717, 1.165) is 17.7 Å². The fourth-order valence-electron chi connectivity index (χ4n) is 4.92. The number of alkyl halides is 3. The molecule has 39 heavy (non-hydrogen) atoms. The summed E-state index contributed by atoms with van der Waals surface area (Å²) < 4.78 is 46.2. The van der Waals surface area contributed by atoms with Crippen LogP contribution in [-0.4, -0.2) is 64.8 Å². The second kappa shape index (κ2) is 11.3. The van der Waals surface area contributed by atoms with Crippen LogP contribution in [0.15, 0.2) is 66.9 Å². The van der Waals surface area contributed by atoms with Crippen LogP contribution < -0.4 is 10.2 Å². The van der Waals surface area contributed by atoms with Gasteiger partial charge < -0.3 is 9.64 Å². The van der Waals surface area contributed by atoms with Gasteiger partial charge in [0.05, 0.1) is 11.3 Å². The molecule has 0 spiro atoms. The maximum absolute atomic E-state index is 13.6. The van der Waals surface area contributed by atoms with Gasteiger partial charge in [-0.1, -0.05) is 36.4 Å². The lowest BCUT2D eigenvalue weighted by molar-refractivity contribution is -0.137. The molecule has 9 nitrogen and oxygen atoms in total. The topological polar surface area (TPSA) is 90.9 Å². The van der Waals surface area contributed by atoms with Crippen LogP contribution in [0.2, 0.25) is 0 Å². The summed E-state index contributed by atoms with van der Waals surface area (Å²) >= 11 is 0. The van der Waals surface area contributed by atoms with Gasteiger partial charge in [0.25, 0.3) is 0 Å². The van der Waals surface area contributed by atoms with E-state index < -0.39 is 17.8 Å². The van der Waals surface area contributed by atoms with E-state index in [2.05, 4.69) is 20.4 Å². The summed E-state index contributed by atoms with van der Waals surface area (Å²) in [5, 5.41) is 10.3. The summed E-state index contributed by atoms with van der Waals surface area (Å²) in [6, 6.07) is 15.4. The van der Waals surface area contributed by atoms with Gasteiger partial charge in [-0.15, -0.1) is 5.10 Å². The number of nitrogens with one attached hydrogen (secondary N) is 1. The molecule has 1 aromatic heterocycles. The smallest absolute Gasteiger partial charge is 0.416 e. The fraction of sp³-hybridized carbons (Fsp3) is 0.333. The Morgan fingerprint density at radius 3 is 2.44 bits per heavy atom. The van der Waals surface area contributed by atoms with Crippen LogP contribution in [0.4, 0.5) is 34.3 Å². The Morgan fingerprint density at radius 1 is 0.974 bits per heavy atom. The number of ether oxygens (including phenoxy) is 1. The lowest BCUT2D eigenvalue weighted by atomic mass is 9.93. The molecule has 0 saturated carbocycles. The van der Waals surface area contributed by atoms with Crippen molar-refractivity contribution in [2.24, 2.45) is 0 Å². The van der Waals surface area contributed by atoms with E-state index in [-0.39, 0.29) is 30.9 Å². The number of fused-ring (bicyclic) bond motifs is 1. The van der Waals surface area contributed by atoms with Crippen molar-refractivity contribution in [1.82, 2.24) is 20.0 Å². The fourth-order valence-corrected chi connectivity index (χ4v) is 4.92. The van der Waals surface area contributed by atoms with Crippen LogP contribution in [0.3, 0.4) is 0 Å². The maximum Gasteiger partial charge on any atom is 0.416 e. The van der Waals surface area contributed by atoms with Crippen LogP contribution in [0.1, 0.15) is 29.2 Å². The molecule has 0 radical (unpaired) electrons. The van der Waals surface area contributed by atoms with E-state index in [0.29, 0.717) is 44.0 Å². The van der Waals surface area contributed by atoms with Gasteiger partial charge in [0.15, 0.2) is 5.82 Å². The summed E-state index contributed by atoms with van der Waals surface area (Å²) in [6.45, 7) is 2.14. The number of urea groups is 1. The molecule has 3 aromatic rings. The Bertz CT molecular complexity index is 1300. The number of anilines is 2. The molecule has 3 amide bonds. The summed E-state index contributed by atoms with van der Waals surface area (Å²) in [7, 11) is 0. The van der Waals surface area contributed by atoms with Gasteiger partial charge in [0, 0.05) is 45.0 Å². The number of carbonyl (C=O) groups is 2. The minimum Gasteiger partial charge on any atom is -0.444 e. The monoisotopic (exact) mass is 540 g/mol. The van der Waals surface area contributed by atoms with Gasteiger partial charge in [-0.05, 0) is 41.8 Å². The molecule has 2 aliphatic heterocycles. The minimum atomic E-state index is -4.55. The van der Waals surface area contributed by atoms with E-state index in [1.165, 1.54) is 17.2 Å². The van der Waals surface area contributed by atoms with E-state index >= 15 is 0 Å². The average Bonchev–Trinajstić information content (AvgIpc) is 2.95. The molecule has 0 aliphatic carbocycles. The number of nitrogens with zero attached hydrogens (tertiary/aromatic N) is 5. The number of rotatable bonds is 4. The van der Waals surface area contributed by atoms with Crippen molar-refractivity contribution in [3.8, 4) is 0 Å². The van der Waals surface area contributed by atoms with Crippen LogP contribution in [0, 0.1) is 0 Å². The predicted molar refractivity (Wildman–Crippen MR) is 137 cm³/mol. The highest BCUT2D eigenvalue weighted by Crippen LogP contribution is 2.41. The number of carbonyl (C=O) groups excluding carboxylic acids is 2. The molecule has 1 unspecified atom stereocenters. The number of hydrogen-bond acceptors (Lipinski definition) is 6. The van der Waals surface area contributed by atoms with Crippen LogP contribution in [0.25, 0.3) is 0 Å². The Hall–Kier alpha value is -4.19. The van der Waals surface area contributed by atoms with Gasteiger partial charge >= 0.3 is 18.3 Å². The highest BCUT2D eigenvalue weighted by Gasteiger charge is 2.38. The van der Waals surface area contributed by atoms with Crippen molar-refractivity contribution in [3.05, 3.63) is 83.6 Å². The minimum absolute atomic E-state index is 0.0203. The number of amides is 3. The van der Waals surface area contributed by atoms with Gasteiger partial charge in [-0.3, -0.25) is 15.1 Å². The molecule has 12 heteroatoms. The zero-order valence-electron chi connectivity index (χ0n) is 21.0. The maximum atomic E-state index is 13.6. The first-order valence-corrected chi connectivity index (χ1v) is 12.6. The third-order valence-corrected chi connectivity index (χ3v) is 6.91. The Kier molecular flexibility index (Phi) is 7.64. The van der Waals surface area contributed by atoms with Gasteiger partial charge in [-0.25, -0.2) is 9.59 Å². The van der Waals surface area contributed by atoms with Crippen molar-refractivity contribution in [3.63, 3.8) is 0 Å². The first kappa shape index (κ1) is 26.4. The highest BCUT2D eigenvalue weighted by atomic mass is 19.4. The standard InChI is InChI=1S/C27H27F3N6O3/c28-27(29,30)20-8-9-21-22(34-13-15-35(16-14-34)25(37)32-24-7-4-11-31-33-24)10-12-36(23(21)17-20)26(38)39-18-19-5-2-1-3-6-19/h1-9,11,17,22H,10,12-16,18H2,(H,32,33,37). The summed E-state index contributed by atoms with van der Waals surface area (Å²) in [4.78, 5) is 30.7. The van der Waals surface area contributed by atoms with E-state index in [1.807, 2.05) is 30.3 Å². The molecule has 2 aromatic carbocycles. The lowest BCUT2D eigenvalue weighted by Gasteiger charge is -2.43. The van der Waals surface area contributed by atoms with Crippen molar-refractivity contribution in [2.45, 2.75) is 25.2 Å². The predicted octanol–water partition coefficient (Wildman–Crippen LogP) is 4.93. The SMILES string of the molecule is O=C(Nc1cccnn1)N1CCN(C2CCN(C(=O)OCc3ccccc3)c3cc(C(F)(F)F)ccc32)CC1. The molecule has 1 fully saturated rings. The lowest BCUT2D eigenvalue weighted by Crippen LogP contribution is -2.52. The first-order valence-electron chi connectivity index (χ1n) is 12.6. The van der Waals surface area contributed by atoms with Gasteiger partial charge in [0.1, 0.15) is 6.61 Å². The Balaban J connectivity index is 1.30. The molecule has 3 heterocycles. The number of piperazine rings is 1. The van der Waals surface area contributed by atoms with Crippen molar-refractivity contribution in [1.29, 1.82) is 0 Å². The zero-order valence-corrected chi connectivity index (χ0v) is 21.0. The van der Waals surface area contributed by atoms with Crippen molar-refractivity contribution >= 4 is 23.6 Å². The molecule has 204 valence electrons. The van der Waals surface area contributed by atoms with E-state index in [4.69, 9.17) is 4.74 Å². The number of benzene rings is 2. The van der Waals surface area contributed by atoms with Crippen LogP contribution in [-0.2, 0) is 17.5 Å². The molecule has 1 saturated heterocycles. The van der Waals surface area contributed by atoms with Crippen LogP contribution >= 0.6 is 0 Å². The Morgan fingerprint density at radius 2 is 1.74 bits per heavy atom. The molecular weight excluding hydrogens is 513 g/mol. The van der Waals surface area contributed by atoms with Gasteiger partial charge in [0.2, 0.25) is 0 Å². The number of hydrogen-bond donors (Lipinski definition) is 1. The summed E-state index contributed by atoms with van der Waals surface area (Å²) in [6.07, 6.45) is -3.21. The summed E-state index contributed by atoms with van der Waals surface area (Å²) in [5.41, 5.74) is 0.782. The molecule has 1 N–H and O–H groups in total. The highest BCUT2D eigenvalue weighted by molar-refractivity contribution is 5.90. The second-order valence-corrected chi connectivity index (χ2v) is 9.33. The van der Waals surface area contributed by atoms with Crippen molar-refractivity contribution < 1.29 is 27.5 Å². The molecule has 1 atom stereocenters. The largest absolute Gasteiger partial charge is 0.444 e. The first-order chi connectivity index (χ1) is 18.8. The second-order valence-electron chi connectivity index (χ2n) is 9.33. The van der Waals surface area contributed by atoms with Crippen molar-refractivity contribution in [2.75, 3.05) is 42.9 Å².